The predicted octanol–water partition coefficient (Wildman–Crippen LogP) is 3.25. The van der Waals surface area contributed by atoms with Crippen molar-refractivity contribution in [2.75, 3.05) is 6.61 Å². The highest BCUT2D eigenvalue weighted by Gasteiger charge is 2.56. The lowest BCUT2D eigenvalue weighted by molar-refractivity contribution is -0.211. The molecule has 2 aliphatic rings. The van der Waals surface area contributed by atoms with E-state index >= 15 is 0 Å². The van der Waals surface area contributed by atoms with Crippen LogP contribution in [0.4, 0.5) is 0 Å². The van der Waals surface area contributed by atoms with Gasteiger partial charge in [0.25, 0.3) is 8.32 Å². The highest BCUT2D eigenvalue weighted by atomic mass is 28.4. The molecule has 5 nitrogen and oxygen atoms in total. The zero-order valence-electron chi connectivity index (χ0n) is 18.9. The van der Waals surface area contributed by atoms with Gasteiger partial charge in [0.2, 0.25) is 0 Å². The summed E-state index contributed by atoms with van der Waals surface area (Å²) in [6, 6.07) is 20.9. The topological polar surface area (TPSA) is 54.0 Å². The van der Waals surface area contributed by atoms with Crippen molar-refractivity contribution in [3.8, 4) is 0 Å². The third-order valence-electron chi connectivity index (χ3n) is 6.24. The molecule has 0 spiro atoms. The minimum absolute atomic E-state index is 0.143. The number of ether oxygens (including phenoxy) is 3. The number of hydrogen-bond acceptors (Lipinski definition) is 5. The van der Waals surface area contributed by atoms with Crippen LogP contribution in [0.25, 0.3) is 0 Å². The van der Waals surface area contributed by atoms with Crippen molar-refractivity contribution < 1.29 is 23.4 Å². The molecule has 6 heteroatoms. The first-order valence-corrected chi connectivity index (χ1v) is 12.8. The molecule has 2 aromatic rings. The zero-order valence-corrected chi connectivity index (χ0v) is 19.9. The molecule has 0 saturated carbocycles. The molecule has 0 radical (unpaired) electrons. The molecular formula is C25H32O5Si. The molecular weight excluding hydrogens is 408 g/mol. The molecule has 0 N–H and O–H groups in total. The average Bonchev–Trinajstić information content (AvgIpc) is 3.19. The quantitative estimate of drug-likeness (QED) is 0.510. The van der Waals surface area contributed by atoms with Crippen LogP contribution in [0.5, 0.6) is 0 Å². The Morgan fingerprint density at radius 3 is 2.00 bits per heavy atom. The lowest BCUT2D eigenvalue weighted by Gasteiger charge is -2.43. The van der Waals surface area contributed by atoms with Crippen molar-refractivity contribution in [3.05, 3.63) is 60.7 Å². The second kappa shape index (κ2) is 8.26. The van der Waals surface area contributed by atoms with E-state index in [1.165, 1.54) is 10.4 Å². The summed E-state index contributed by atoms with van der Waals surface area (Å²) < 4.78 is 24.9. The van der Waals surface area contributed by atoms with Crippen molar-refractivity contribution in [3.63, 3.8) is 0 Å². The molecule has 2 fully saturated rings. The van der Waals surface area contributed by atoms with Gasteiger partial charge in [-0.05, 0) is 29.3 Å². The first kappa shape index (κ1) is 22.4. The van der Waals surface area contributed by atoms with E-state index in [0.717, 1.165) is 6.29 Å². The van der Waals surface area contributed by atoms with E-state index < -0.39 is 38.5 Å². The van der Waals surface area contributed by atoms with Gasteiger partial charge >= 0.3 is 0 Å². The van der Waals surface area contributed by atoms with E-state index in [0.29, 0.717) is 6.61 Å². The minimum atomic E-state index is -2.70. The molecule has 0 amide bonds. The normalized spacial score (nSPS) is 27.8. The summed E-state index contributed by atoms with van der Waals surface area (Å²) in [7, 11) is -2.70. The van der Waals surface area contributed by atoms with Crippen LogP contribution in [0.1, 0.15) is 34.6 Å². The lowest BCUT2D eigenvalue weighted by atomic mass is 10.0. The summed E-state index contributed by atoms with van der Waals surface area (Å²) in [6.07, 6.45) is -0.433. The summed E-state index contributed by atoms with van der Waals surface area (Å²) in [4.78, 5) is 12.0. The van der Waals surface area contributed by atoms with E-state index in [2.05, 4.69) is 69.3 Å². The van der Waals surface area contributed by atoms with Crippen molar-refractivity contribution in [1.82, 2.24) is 0 Å². The van der Waals surface area contributed by atoms with Crippen LogP contribution in [0.2, 0.25) is 5.04 Å². The standard InChI is InChI=1S/C25H32O5Si/c1-24(2,3)31(18-12-8-6-9-13-18,19-14-10-7-11-15-19)27-17-21-20(16-26)22-23(28-21)30-25(4,5)29-22/h6-16,20-23H,17H2,1-5H3/t20-,21-,22-,23-/m1/s1. The molecule has 0 unspecified atom stereocenters. The summed E-state index contributed by atoms with van der Waals surface area (Å²) in [5.74, 6) is -1.18. The Morgan fingerprint density at radius 2 is 1.52 bits per heavy atom. The second-order valence-electron chi connectivity index (χ2n) is 9.83. The third-order valence-corrected chi connectivity index (χ3v) is 11.2. The Bertz CT molecular complexity index is 854. The molecule has 4 rings (SSSR count). The van der Waals surface area contributed by atoms with Crippen LogP contribution >= 0.6 is 0 Å². The SMILES string of the molecule is CC1(C)O[C@H]2O[C@H](CO[Si](c3ccccc3)(c3ccccc3)C(C)(C)C)[C@@H](C=O)[C@H]2O1. The molecule has 2 heterocycles. The third kappa shape index (κ3) is 4.03. The van der Waals surface area contributed by atoms with E-state index in [1.54, 1.807) is 0 Å². The van der Waals surface area contributed by atoms with Gasteiger partial charge in [0.05, 0.1) is 18.6 Å². The summed E-state index contributed by atoms with van der Waals surface area (Å²) >= 11 is 0. The van der Waals surface area contributed by atoms with Crippen LogP contribution in [0.15, 0.2) is 60.7 Å². The Labute approximate surface area is 185 Å². The van der Waals surface area contributed by atoms with Crippen LogP contribution in [-0.2, 0) is 23.4 Å². The molecule has 0 aliphatic carbocycles. The monoisotopic (exact) mass is 440 g/mol. The predicted molar refractivity (Wildman–Crippen MR) is 122 cm³/mol. The Kier molecular flexibility index (Phi) is 5.96. The van der Waals surface area contributed by atoms with Gasteiger partial charge in [-0.1, -0.05) is 81.4 Å². The van der Waals surface area contributed by atoms with E-state index in [1.807, 2.05) is 26.0 Å². The van der Waals surface area contributed by atoms with E-state index in [4.69, 9.17) is 18.6 Å². The maximum Gasteiger partial charge on any atom is 0.261 e. The molecule has 2 saturated heterocycles. The lowest BCUT2D eigenvalue weighted by Crippen LogP contribution is -2.67. The molecule has 0 bridgehead atoms. The van der Waals surface area contributed by atoms with Gasteiger partial charge in [-0.2, -0.15) is 0 Å². The van der Waals surface area contributed by atoms with E-state index in [9.17, 15) is 4.79 Å². The van der Waals surface area contributed by atoms with Gasteiger partial charge in [-0.15, -0.1) is 0 Å². The number of hydrogen-bond donors (Lipinski definition) is 0. The summed E-state index contributed by atoms with van der Waals surface area (Å²) in [5, 5.41) is 2.25. The molecule has 4 atom stereocenters. The van der Waals surface area contributed by atoms with E-state index in [-0.39, 0.29) is 5.04 Å². The van der Waals surface area contributed by atoms with Crippen molar-refractivity contribution in [2.45, 2.75) is 63.9 Å². The molecule has 2 aliphatic heterocycles. The fourth-order valence-corrected chi connectivity index (χ4v) is 9.45. The first-order valence-electron chi connectivity index (χ1n) is 10.9. The van der Waals surface area contributed by atoms with Gasteiger partial charge < -0.3 is 23.4 Å². The molecule has 31 heavy (non-hydrogen) atoms. The van der Waals surface area contributed by atoms with Gasteiger partial charge in [0.1, 0.15) is 12.4 Å². The van der Waals surface area contributed by atoms with Gasteiger partial charge in [-0.25, -0.2) is 0 Å². The fourth-order valence-electron chi connectivity index (χ4n) is 4.88. The number of carbonyl (C=O) groups excluding carboxylic acids is 1. The van der Waals surface area contributed by atoms with Crippen molar-refractivity contribution >= 4 is 25.0 Å². The highest BCUT2D eigenvalue weighted by molar-refractivity contribution is 6.99. The van der Waals surface area contributed by atoms with Crippen LogP contribution in [0.3, 0.4) is 0 Å². The number of fused-ring (bicyclic) bond motifs is 1. The Hall–Kier alpha value is -1.83. The molecule has 0 aromatic heterocycles. The van der Waals surface area contributed by atoms with Gasteiger partial charge in [0, 0.05) is 0 Å². The summed E-state index contributed by atoms with van der Waals surface area (Å²) in [5.41, 5.74) is 0. The van der Waals surface area contributed by atoms with Crippen LogP contribution in [-0.4, -0.2) is 45.5 Å². The number of benzene rings is 2. The van der Waals surface area contributed by atoms with Gasteiger partial charge in [0.15, 0.2) is 12.1 Å². The highest BCUT2D eigenvalue weighted by Crippen LogP contribution is 2.42. The molecule has 166 valence electrons. The first-order chi connectivity index (χ1) is 14.7. The maximum absolute atomic E-state index is 12.0. The largest absolute Gasteiger partial charge is 0.405 e. The fraction of sp³-hybridized carbons (Fsp3) is 0.480. The minimum Gasteiger partial charge on any atom is -0.405 e. The number of rotatable bonds is 6. The van der Waals surface area contributed by atoms with Crippen molar-refractivity contribution in [2.24, 2.45) is 5.92 Å². The maximum atomic E-state index is 12.0. The second-order valence-corrected chi connectivity index (χ2v) is 14.1. The average molecular weight is 441 g/mol. The van der Waals surface area contributed by atoms with Crippen LogP contribution < -0.4 is 10.4 Å². The number of carbonyl (C=O) groups is 1. The smallest absolute Gasteiger partial charge is 0.261 e. The summed E-state index contributed by atoms with van der Waals surface area (Å²) in [6.45, 7) is 10.7. The Balaban J connectivity index is 1.67. The Morgan fingerprint density at radius 1 is 0.968 bits per heavy atom. The van der Waals surface area contributed by atoms with Crippen LogP contribution in [0, 0.1) is 5.92 Å². The van der Waals surface area contributed by atoms with Crippen molar-refractivity contribution in [1.29, 1.82) is 0 Å². The number of aldehydes is 1. The zero-order chi connectivity index (χ0) is 22.3. The van der Waals surface area contributed by atoms with Gasteiger partial charge in [-0.3, -0.25) is 0 Å². The molecule has 2 aromatic carbocycles.